The number of ether oxygens (including phenoxy) is 1. The van der Waals surface area contributed by atoms with Crippen molar-refractivity contribution in [2.75, 3.05) is 6.61 Å². The second-order valence-electron chi connectivity index (χ2n) is 6.95. The molecule has 0 heterocycles. The van der Waals surface area contributed by atoms with Crippen LogP contribution in [0.25, 0.3) is 0 Å². The Morgan fingerprint density at radius 1 is 0.577 bits per heavy atom. The molecule has 0 radical (unpaired) electrons. The molecule has 1 aromatic carbocycles. The van der Waals surface area contributed by atoms with Crippen molar-refractivity contribution in [3.05, 3.63) is 28.8 Å². The molecular weight excluding hydrogens is 344 g/mol. The highest BCUT2D eigenvalue weighted by Gasteiger charge is 2.24. The fourth-order valence-corrected chi connectivity index (χ4v) is 2.97. The summed E-state index contributed by atoms with van der Waals surface area (Å²) in [6, 6.07) is 0. The summed E-state index contributed by atoms with van der Waals surface area (Å²) in [5, 5.41) is 0. The molecule has 0 saturated heterocycles. The molecule has 0 aliphatic rings. The maximum atomic E-state index is 13.6. The van der Waals surface area contributed by atoms with Crippen molar-refractivity contribution < 1.29 is 22.3 Å². The van der Waals surface area contributed by atoms with Crippen LogP contribution in [-0.2, 0) is 0 Å². The van der Waals surface area contributed by atoms with Crippen molar-refractivity contribution in [2.24, 2.45) is 0 Å². The highest BCUT2D eigenvalue weighted by molar-refractivity contribution is 5.33. The Morgan fingerprint density at radius 2 is 0.962 bits per heavy atom. The van der Waals surface area contributed by atoms with Gasteiger partial charge in [-0.2, -0.15) is 8.78 Å². The zero-order valence-electron chi connectivity index (χ0n) is 16.1. The molecule has 0 unspecified atom stereocenters. The van der Waals surface area contributed by atoms with Gasteiger partial charge in [-0.3, -0.25) is 0 Å². The number of halogens is 4. The minimum atomic E-state index is -1.46. The molecule has 0 saturated carbocycles. The van der Waals surface area contributed by atoms with Crippen LogP contribution in [0.2, 0.25) is 0 Å². The Hall–Kier alpha value is -1.26. The third kappa shape index (κ3) is 7.55. The van der Waals surface area contributed by atoms with Gasteiger partial charge in [0.25, 0.3) is 0 Å². The lowest BCUT2D eigenvalue weighted by molar-refractivity contribution is 0.262. The maximum absolute atomic E-state index is 13.6. The van der Waals surface area contributed by atoms with E-state index in [0.29, 0.717) is 6.42 Å². The Morgan fingerprint density at radius 3 is 1.38 bits per heavy atom. The molecule has 0 aromatic heterocycles. The third-order valence-electron chi connectivity index (χ3n) is 4.69. The minimum absolute atomic E-state index is 0.0488. The Labute approximate surface area is 155 Å². The van der Waals surface area contributed by atoms with Crippen LogP contribution in [0.5, 0.6) is 5.75 Å². The average molecular weight is 376 g/mol. The molecule has 0 bridgehead atoms. The topological polar surface area (TPSA) is 9.23 Å². The van der Waals surface area contributed by atoms with Crippen molar-refractivity contribution >= 4 is 0 Å². The Balaban J connectivity index is 2.10. The van der Waals surface area contributed by atoms with Crippen LogP contribution in [-0.4, -0.2) is 6.61 Å². The highest BCUT2D eigenvalue weighted by atomic mass is 19.2. The minimum Gasteiger partial charge on any atom is -0.487 e. The van der Waals surface area contributed by atoms with Gasteiger partial charge >= 0.3 is 0 Å². The van der Waals surface area contributed by atoms with Crippen molar-refractivity contribution in [3.63, 3.8) is 0 Å². The molecule has 0 atom stereocenters. The number of hydrogen-bond donors (Lipinski definition) is 0. The van der Waals surface area contributed by atoms with E-state index in [2.05, 4.69) is 6.92 Å². The standard InChI is InChI=1S/C21H32F4O/c1-3-4-5-6-7-8-9-10-11-12-13-14-15-26-21-19(24)17(22)16(2)18(23)20(21)25/h3-15H2,1-2H3. The van der Waals surface area contributed by atoms with Crippen LogP contribution >= 0.6 is 0 Å². The molecular formula is C21H32F4O. The van der Waals surface area contributed by atoms with Gasteiger partial charge in [0.05, 0.1) is 6.61 Å². The normalized spacial score (nSPS) is 11.2. The molecule has 1 nitrogen and oxygen atoms in total. The first-order valence-corrected chi connectivity index (χ1v) is 9.96. The van der Waals surface area contributed by atoms with Crippen molar-refractivity contribution in [2.45, 2.75) is 90.9 Å². The highest BCUT2D eigenvalue weighted by Crippen LogP contribution is 2.29. The summed E-state index contributed by atoms with van der Waals surface area (Å²) in [4.78, 5) is 0. The first-order valence-electron chi connectivity index (χ1n) is 9.96. The Kier molecular flexibility index (Phi) is 11.4. The van der Waals surface area contributed by atoms with Gasteiger partial charge in [-0.25, -0.2) is 8.78 Å². The molecule has 1 rings (SSSR count). The van der Waals surface area contributed by atoms with Gasteiger partial charge in [0.15, 0.2) is 17.4 Å². The molecule has 0 aliphatic carbocycles. The lowest BCUT2D eigenvalue weighted by Gasteiger charge is -2.11. The fourth-order valence-electron chi connectivity index (χ4n) is 2.97. The number of unbranched alkanes of at least 4 members (excludes halogenated alkanes) is 11. The predicted molar refractivity (Wildman–Crippen MR) is 97.6 cm³/mol. The van der Waals surface area contributed by atoms with E-state index in [1.54, 1.807) is 0 Å². The first-order chi connectivity index (χ1) is 12.5. The molecule has 0 aliphatic heterocycles. The summed E-state index contributed by atoms with van der Waals surface area (Å²) in [5.74, 6) is -6.66. The third-order valence-corrected chi connectivity index (χ3v) is 4.69. The van der Waals surface area contributed by atoms with Gasteiger partial charge in [-0.1, -0.05) is 77.6 Å². The van der Waals surface area contributed by atoms with Gasteiger partial charge in [0.2, 0.25) is 11.6 Å². The molecule has 0 spiro atoms. The van der Waals surface area contributed by atoms with Crippen LogP contribution in [0, 0.1) is 30.2 Å². The molecule has 1 aromatic rings. The lowest BCUT2D eigenvalue weighted by Crippen LogP contribution is -2.07. The molecule has 0 N–H and O–H groups in total. The second-order valence-corrected chi connectivity index (χ2v) is 6.95. The number of hydrogen-bond acceptors (Lipinski definition) is 1. The summed E-state index contributed by atoms with van der Waals surface area (Å²) in [5.41, 5.74) is -0.669. The monoisotopic (exact) mass is 376 g/mol. The van der Waals surface area contributed by atoms with Crippen LogP contribution < -0.4 is 4.74 Å². The van der Waals surface area contributed by atoms with E-state index in [1.165, 1.54) is 51.4 Å². The summed E-state index contributed by atoms with van der Waals surface area (Å²) >= 11 is 0. The molecule has 0 amide bonds. The largest absolute Gasteiger partial charge is 0.487 e. The van der Waals surface area contributed by atoms with Crippen molar-refractivity contribution in [1.29, 1.82) is 0 Å². The molecule has 150 valence electrons. The smallest absolute Gasteiger partial charge is 0.204 e. The zero-order chi connectivity index (χ0) is 19.4. The summed E-state index contributed by atoms with van der Waals surface area (Å²) in [6.45, 7) is 3.26. The van der Waals surface area contributed by atoms with Gasteiger partial charge in [-0.05, 0) is 13.3 Å². The van der Waals surface area contributed by atoms with E-state index in [0.717, 1.165) is 26.2 Å². The summed E-state index contributed by atoms with van der Waals surface area (Å²) in [6.07, 6.45) is 14.0. The lowest BCUT2D eigenvalue weighted by atomic mass is 10.1. The van der Waals surface area contributed by atoms with E-state index in [1.807, 2.05) is 0 Å². The van der Waals surface area contributed by atoms with E-state index >= 15 is 0 Å². The van der Waals surface area contributed by atoms with Crippen LogP contribution in [0.15, 0.2) is 0 Å². The van der Waals surface area contributed by atoms with Gasteiger partial charge in [0.1, 0.15) is 0 Å². The van der Waals surface area contributed by atoms with Gasteiger partial charge in [0, 0.05) is 5.56 Å². The average Bonchev–Trinajstić information content (AvgIpc) is 2.64. The van der Waals surface area contributed by atoms with Gasteiger partial charge < -0.3 is 4.74 Å². The van der Waals surface area contributed by atoms with E-state index < -0.39 is 34.6 Å². The van der Waals surface area contributed by atoms with Gasteiger partial charge in [-0.15, -0.1) is 0 Å². The second kappa shape index (κ2) is 13.0. The van der Waals surface area contributed by atoms with E-state index in [9.17, 15) is 17.6 Å². The van der Waals surface area contributed by atoms with Crippen LogP contribution in [0.4, 0.5) is 17.6 Å². The quantitative estimate of drug-likeness (QED) is 0.184. The van der Waals surface area contributed by atoms with Crippen LogP contribution in [0.1, 0.15) is 89.5 Å². The molecule has 0 fully saturated rings. The zero-order valence-corrected chi connectivity index (χ0v) is 16.1. The number of benzene rings is 1. The van der Waals surface area contributed by atoms with Crippen LogP contribution in [0.3, 0.4) is 0 Å². The molecule has 26 heavy (non-hydrogen) atoms. The SMILES string of the molecule is CCCCCCCCCCCCCCOc1c(F)c(F)c(C)c(F)c1F. The maximum Gasteiger partial charge on any atom is 0.204 e. The molecule has 5 heteroatoms. The Bertz CT molecular complexity index is 502. The predicted octanol–water partition coefficient (Wildman–Crippen LogP) is 7.63. The van der Waals surface area contributed by atoms with Crippen molar-refractivity contribution in [3.8, 4) is 5.75 Å². The number of rotatable bonds is 14. The summed E-state index contributed by atoms with van der Waals surface area (Å²) < 4.78 is 59.1. The van der Waals surface area contributed by atoms with Crippen molar-refractivity contribution in [1.82, 2.24) is 0 Å². The van der Waals surface area contributed by atoms with E-state index in [-0.39, 0.29) is 6.61 Å². The fraction of sp³-hybridized carbons (Fsp3) is 0.714. The van der Waals surface area contributed by atoms with E-state index in [4.69, 9.17) is 4.74 Å². The summed E-state index contributed by atoms with van der Waals surface area (Å²) in [7, 11) is 0. The first kappa shape index (κ1) is 22.8.